The van der Waals surface area contributed by atoms with Gasteiger partial charge in [-0.1, -0.05) is 28.1 Å². The van der Waals surface area contributed by atoms with Crippen LogP contribution in [0.3, 0.4) is 0 Å². The number of carbonyl (C=O) groups excluding carboxylic acids is 2. The van der Waals surface area contributed by atoms with Crippen molar-refractivity contribution in [2.75, 3.05) is 10.6 Å². The summed E-state index contributed by atoms with van der Waals surface area (Å²) in [6.07, 6.45) is 1.19. The summed E-state index contributed by atoms with van der Waals surface area (Å²) in [7, 11) is 0. The van der Waals surface area contributed by atoms with Crippen LogP contribution in [0.4, 0.5) is 11.4 Å². The first-order valence-electron chi connectivity index (χ1n) is 7.75. The van der Waals surface area contributed by atoms with Crippen molar-refractivity contribution in [3.8, 4) is 0 Å². The van der Waals surface area contributed by atoms with Gasteiger partial charge in [-0.2, -0.15) is 0 Å². The topological polar surface area (TPSA) is 93.1 Å². The third-order valence-electron chi connectivity index (χ3n) is 3.62. The van der Waals surface area contributed by atoms with E-state index in [1.807, 2.05) is 6.07 Å². The molecule has 8 heteroatoms. The summed E-state index contributed by atoms with van der Waals surface area (Å²) in [4.78, 5) is 40.1. The maximum atomic E-state index is 12.5. The van der Waals surface area contributed by atoms with E-state index in [2.05, 4.69) is 31.5 Å². The van der Waals surface area contributed by atoms with Crippen LogP contribution in [-0.2, 0) is 16.1 Å². The molecule has 0 spiro atoms. The fourth-order valence-corrected chi connectivity index (χ4v) is 2.89. The molecule has 3 aromatic rings. The molecule has 0 aliphatic rings. The van der Waals surface area contributed by atoms with Gasteiger partial charge in [0.05, 0.1) is 28.6 Å². The van der Waals surface area contributed by atoms with Crippen molar-refractivity contribution in [3.05, 3.63) is 63.5 Å². The zero-order valence-electron chi connectivity index (χ0n) is 13.8. The summed E-state index contributed by atoms with van der Waals surface area (Å²) < 4.78 is 2.10. The summed E-state index contributed by atoms with van der Waals surface area (Å²) in [5.41, 5.74) is 1.75. The number of hydrogen-bond donors (Lipinski definition) is 2. The van der Waals surface area contributed by atoms with E-state index in [4.69, 9.17) is 0 Å². The Morgan fingerprint density at radius 3 is 2.65 bits per heavy atom. The monoisotopic (exact) mass is 414 g/mol. The van der Waals surface area contributed by atoms with Crippen molar-refractivity contribution in [2.45, 2.75) is 13.5 Å². The Hall–Kier alpha value is -3.00. The molecule has 7 nitrogen and oxygen atoms in total. The van der Waals surface area contributed by atoms with E-state index >= 15 is 0 Å². The fourth-order valence-electron chi connectivity index (χ4n) is 2.53. The second-order valence-electron chi connectivity index (χ2n) is 5.59. The minimum absolute atomic E-state index is 0.173. The first-order valence-corrected chi connectivity index (χ1v) is 8.55. The molecule has 2 amide bonds. The molecule has 3 rings (SSSR count). The van der Waals surface area contributed by atoms with E-state index in [0.29, 0.717) is 22.4 Å². The van der Waals surface area contributed by atoms with Gasteiger partial charge < -0.3 is 10.6 Å². The molecular formula is C18H15BrN4O3. The van der Waals surface area contributed by atoms with Gasteiger partial charge in [-0.25, -0.2) is 4.98 Å². The van der Waals surface area contributed by atoms with Crippen molar-refractivity contribution in [1.29, 1.82) is 0 Å². The second-order valence-corrected chi connectivity index (χ2v) is 6.51. The number of benzene rings is 2. The number of carbonyl (C=O) groups is 2. The molecule has 0 saturated heterocycles. The third-order valence-corrected chi connectivity index (χ3v) is 4.11. The fraction of sp³-hybridized carbons (Fsp3) is 0.111. The number of halogens is 1. The van der Waals surface area contributed by atoms with E-state index in [9.17, 15) is 14.4 Å². The van der Waals surface area contributed by atoms with Crippen LogP contribution in [0.5, 0.6) is 0 Å². The summed E-state index contributed by atoms with van der Waals surface area (Å²) in [5, 5.41) is 5.39. The molecule has 1 heterocycles. The Morgan fingerprint density at radius 1 is 1.12 bits per heavy atom. The highest BCUT2D eigenvalue weighted by Crippen LogP contribution is 2.26. The predicted molar refractivity (Wildman–Crippen MR) is 103 cm³/mol. The summed E-state index contributed by atoms with van der Waals surface area (Å²) in [6, 6.07) is 12.2. The lowest BCUT2D eigenvalue weighted by molar-refractivity contribution is -0.117. The van der Waals surface area contributed by atoms with Gasteiger partial charge in [-0.3, -0.25) is 19.0 Å². The Labute approximate surface area is 157 Å². The first kappa shape index (κ1) is 17.8. The number of para-hydroxylation sites is 2. The van der Waals surface area contributed by atoms with Crippen LogP contribution in [0, 0.1) is 0 Å². The second kappa shape index (κ2) is 7.49. The number of rotatable bonds is 4. The van der Waals surface area contributed by atoms with Crippen LogP contribution < -0.4 is 16.2 Å². The van der Waals surface area contributed by atoms with E-state index in [1.165, 1.54) is 17.7 Å². The lowest BCUT2D eigenvalue weighted by Gasteiger charge is -2.13. The van der Waals surface area contributed by atoms with E-state index in [0.717, 1.165) is 4.47 Å². The molecule has 0 bridgehead atoms. The number of anilines is 2. The van der Waals surface area contributed by atoms with Crippen molar-refractivity contribution < 1.29 is 9.59 Å². The van der Waals surface area contributed by atoms with Crippen molar-refractivity contribution in [1.82, 2.24) is 9.55 Å². The summed E-state index contributed by atoms with van der Waals surface area (Å²) >= 11 is 3.34. The van der Waals surface area contributed by atoms with Gasteiger partial charge in [0.25, 0.3) is 5.56 Å². The Kier molecular flexibility index (Phi) is 5.13. The first-order chi connectivity index (χ1) is 12.4. The SMILES string of the molecule is CC(=O)Nc1ccc(Br)cc1NC(=O)Cn1c(=O)cnc2ccccc21. The van der Waals surface area contributed by atoms with Crippen LogP contribution >= 0.6 is 15.9 Å². The number of nitrogens with one attached hydrogen (secondary N) is 2. The molecule has 0 atom stereocenters. The molecule has 0 radical (unpaired) electrons. The van der Waals surface area contributed by atoms with Gasteiger partial charge in [0.1, 0.15) is 6.54 Å². The normalized spacial score (nSPS) is 10.5. The van der Waals surface area contributed by atoms with Crippen LogP contribution in [0.25, 0.3) is 11.0 Å². The average Bonchev–Trinajstić information content (AvgIpc) is 2.59. The van der Waals surface area contributed by atoms with Gasteiger partial charge >= 0.3 is 0 Å². The predicted octanol–water partition coefficient (Wildman–Crippen LogP) is 2.76. The van der Waals surface area contributed by atoms with E-state index < -0.39 is 5.91 Å². The summed E-state index contributed by atoms with van der Waals surface area (Å²) in [6.45, 7) is 1.21. The van der Waals surface area contributed by atoms with E-state index in [-0.39, 0.29) is 18.0 Å². The van der Waals surface area contributed by atoms with Crippen LogP contribution in [0.15, 0.2) is 57.9 Å². The highest BCUT2D eigenvalue weighted by molar-refractivity contribution is 9.10. The minimum atomic E-state index is -0.395. The zero-order valence-corrected chi connectivity index (χ0v) is 15.4. The average molecular weight is 415 g/mol. The molecule has 132 valence electrons. The van der Waals surface area contributed by atoms with Gasteiger partial charge in [0, 0.05) is 11.4 Å². The van der Waals surface area contributed by atoms with Crippen LogP contribution in [-0.4, -0.2) is 21.4 Å². The number of fused-ring (bicyclic) bond motifs is 1. The number of nitrogens with zero attached hydrogens (tertiary/aromatic N) is 2. The molecule has 2 aromatic carbocycles. The lowest BCUT2D eigenvalue weighted by Crippen LogP contribution is -2.28. The molecule has 26 heavy (non-hydrogen) atoms. The maximum Gasteiger partial charge on any atom is 0.269 e. The smallest absolute Gasteiger partial charge is 0.269 e. The number of aromatic nitrogens is 2. The van der Waals surface area contributed by atoms with Gasteiger partial charge in [-0.15, -0.1) is 0 Å². The molecular weight excluding hydrogens is 400 g/mol. The van der Waals surface area contributed by atoms with Gasteiger partial charge in [0.2, 0.25) is 11.8 Å². The molecule has 0 saturated carbocycles. The lowest BCUT2D eigenvalue weighted by atomic mass is 10.2. The summed E-state index contributed by atoms with van der Waals surface area (Å²) in [5.74, 6) is -0.646. The van der Waals surface area contributed by atoms with Crippen molar-refractivity contribution in [3.63, 3.8) is 0 Å². The highest BCUT2D eigenvalue weighted by atomic mass is 79.9. The Bertz CT molecular complexity index is 1060. The number of hydrogen-bond acceptors (Lipinski definition) is 4. The zero-order chi connectivity index (χ0) is 18.7. The minimum Gasteiger partial charge on any atom is -0.325 e. The molecule has 0 unspecified atom stereocenters. The Morgan fingerprint density at radius 2 is 1.88 bits per heavy atom. The van der Waals surface area contributed by atoms with Gasteiger partial charge in [-0.05, 0) is 30.3 Å². The molecule has 0 aliphatic carbocycles. The van der Waals surface area contributed by atoms with E-state index in [1.54, 1.807) is 36.4 Å². The van der Waals surface area contributed by atoms with Crippen LogP contribution in [0.1, 0.15) is 6.92 Å². The largest absolute Gasteiger partial charge is 0.325 e. The van der Waals surface area contributed by atoms with Crippen molar-refractivity contribution in [2.24, 2.45) is 0 Å². The van der Waals surface area contributed by atoms with Gasteiger partial charge in [0.15, 0.2) is 0 Å². The maximum absolute atomic E-state index is 12.5. The van der Waals surface area contributed by atoms with Crippen molar-refractivity contribution >= 4 is 50.2 Å². The Balaban J connectivity index is 1.89. The standard InChI is InChI=1S/C18H15BrN4O3/c1-11(24)21-13-7-6-12(19)8-15(13)22-17(25)10-23-16-5-3-2-4-14(16)20-9-18(23)26/h2-9H,10H2,1H3,(H,21,24)(H,22,25). The van der Waals surface area contributed by atoms with Crippen LogP contribution in [0.2, 0.25) is 0 Å². The quantitative estimate of drug-likeness (QED) is 0.686. The molecule has 0 fully saturated rings. The highest BCUT2D eigenvalue weighted by Gasteiger charge is 2.12. The molecule has 0 aliphatic heterocycles. The number of amides is 2. The molecule has 2 N–H and O–H groups in total. The third kappa shape index (κ3) is 3.97. The molecule has 1 aromatic heterocycles.